The third-order valence-electron chi connectivity index (χ3n) is 2.59. The number of rotatable bonds is 5. The summed E-state index contributed by atoms with van der Waals surface area (Å²) in [4.78, 5) is 10.5. The summed E-state index contributed by atoms with van der Waals surface area (Å²) < 4.78 is 0. The first-order valence-corrected chi connectivity index (χ1v) is 5.68. The Morgan fingerprint density at radius 3 is 2.59 bits per heavy atom. The fourth-order valence-electron chi connectivity index (χ4n) is 1.71. The first-order valence-electron chi connectivity index (χ1n) is 5.68. The summed E-state index contributed by atoms with van der Waals surface area (Å²) in [6, 6.07) is 5.25. The third kappa shape index (κ3) is 3.70. The maximum atomic E-state index is 10.9. The van der Waals surface area contributed by atoms with Gasteiger partial charge in [0.1, 0.15) is 0 Å². The van der Waals surface area contributed by atoms with Gasteiger partial charge in [0.25, 0.3) is 5.69 Å². The fourth-order valence-corrected chi connectivity index (χ4v) is 1.71. The lowest BCUT2D eigenvalue weighted by molar-refractivity contribution is -0.385. The SMILES string of the molecule is C=C[C](C)c1cc(CC(C)C)cc([N+](=O)[O-])c1. The first-order chi connectivity index (χ1) is 7.93. The molecule has 91 valence electrons. The molecule has 17 heavy (non-hydrogen) atoms. The molecule has 1 radical (unpaired) electrons. The number of nitro benzene ring substituents is 1. The molecule has 1 aromatic carbocycles. The highest BCUT2D eigenvalue weighted by atomic mass is 16.6. The third-order valence-corrected chi connectivity index (χ3v) is 2.59. The molecule has 0 unspecified atom stereocenters. The molecule has 0 aromatic heterocycles. The molecule has 0 N–H and O–H groups in total. The topological polar surface area (TPSA) is 43.1 Å². The van der Waals surface area contributed by atoms with E-state index in [0.717, 1.165) is 23.5 Å². The number of hydrogen-bond acceptors (Lipinski definition) is 2. The largest absolute Gasteiger partial charge is 0.270 e. The van der Waals surface area contributed by atoms with Crippen molar-refractivity contribution in [3.63, 3.8) is 0 Å². The van der Waals surface area contributed by atoms with E-state index in [2.05, 4.69) is 20.4 Å². The summed E-state index contributed by atoms with van der Waals surface area (Å²) in [6.07, 6.45) is 2.57. The van der Waals surface area contributed by atoms with Crippen LogP contribution in [-0.4, -0.2) is 4.92 Å². The van der Waals surface area contributed by atoms with Crippen LogP contribution in [0.4, 0.5) is 5.69 Å². The molecule has 3 nitrogen and oxygen atoms in total. The van der Waals surface area contributed by atoms with Crippen molar-refractivity contribution in [2.24, 2.45) is 5.92 Å². The lowest BCUT2D eigenvalue weighted by atomic mass is 9.95. The molecular weight excluding hydrogens is 214 g/mol. The van der Waals surface area contributed by atoms with Gasteiger partial charge in [0.2, 0.25) is 0 Å². The van der Waals surface area contributed by atoms with E-state index in [-0.39, 0.29) is 10.6 Å². The van der Waals surface area contributed by atoms with Crippen LogP contribution in [0.3, 0.4) is 0 Å². The minimum atomic E-state index is -0.344. The van der Waals surface area contributed by atoms with E-state index in [0.29, 0.717) is 5.92 Å². The molecule has 0 fully saturated rings. The predicted octanol–water partition coefficient (Wildman–Crippen LogP) is 3.92. The van der Waals surface area contributed by atoms with Crippen molar-refractivity contribution in [2.45, 2.75) is 27.2 Å². The van der Waals surface area contributed by atoms with Crippen LogP contribution in [0.15, 0.2) is 30.9 Å². The van der Waals surface area contributed by atoms with Crippen LogP contribution in [-0.2, 0) is 6.42 Å². The monoisotopic (exact) mass is 232 g/mol. The van der Waals surface area contributed by atoms with Gasteiger partial charge >= 0.3 is 0 Å². The first kappa shape index (κ1) is 13.4. The molecule has 0 atom stereocenters. The molecule has 0 amide bonds. The van der Waals surface area contributed by atoms with E-state index >= 15 is 0 Å². The van der Waals surface area contributed by atoms with Crippen LogP contribution in [0.2, 0.25) is 0 Å². The van der Waals surface area contributed by atoms with Gasteiger partial charge in [-0.1, -0.05) is 32.9 Å². The van der Waals surface area contributed by atoms with E-state index < -0.39 is 0 Å². The molecule has 0 heterocycles. The molecule has 0 bridgehead atoms. The molecule has 0 aliphatic carbocycles. The quantitative estimate of drug-likeness (QED) is 0.570. The zero-order valence-electron chi connectivity index (χ0n) is 10.6. The van der Waals surface area contributed by atoms with Crippen molar-refractivity contribution in [3.05, 3.63) is 58.0 Å². The van der Waals surface area contributed by atoms with Gasteiger partial charge in [-0.3, -0.25) is 10.1 Å². The maximum absolute atomic E-state index is 10.9. The second-order valence-corrected chi connectivity index (χ2v) is 4.63. The lowest BCUT2D eigenvalue weighted by Gasteiger charge is -2.10. The van der Waals surface area contributed by atoms with Crippen LogP contribution in [0, 0.1) is 22.0 Å². The van der Waals surface area contributed by atoms with Crippen molar-refractivity contribution in [1.82, 2.24) is 0 Å². The van der Waals surface area contributed by atoms with Crippen LogP contribution < -0.4 is 0 Å². The summed E-state index contributed by atoms with van der Waals surface area (Å²) in [7, 11) is 0. The Balaban J connectivity index is 3.18. The van der Waals surface area contributed by atoms with E-state index in [4.69, 9.17) is 0 Å². The summed E-state index contributed by atoms with van der Waals surface area (Å²) in [5.41, 5.74) is 2.04. The Bertz CT molecular complexity index is 424. The number of hydrogen-bond donors (Lipinski definition) is 0. The van der Waals surface area contributed by atoms with E-state index in [1.54, 1.807) is 18.2 Å². The summed E-state index contributed by atoms with van der Waals surface area (Å²) in [5.74, 6) is 1.44. The van der Waals surface area contributed by atoms with Gasteiger partial charge in [-0.2, -0.15) is 0 Å². The van der Waals surface area contributed by atoms with Crippen LogP contribution in [0.1, 0.15) is 31.9 Å². The van der Waals surface area contributed by atoms with Gasteiger partial charge in [0.15, 0.2) is 0 Å². The van der Waals surface area contributed by atoms with Gasteiger partial charge in [-0.15, -0.1) is 6.58 Å². The molecule has 1 aromatic rings. The highest BCUT2D eigenvalue weighted by molar-refractivity contribution is 5.46. The van der Waals surface area contributed by atoms with Crippen molar-refractivity contribution >= 4 is 5.69 Å². The molecule has 1 rings (SSSR count). The standard InChI is InChI=1S/C14H18NO2/c1-5-11(4)13-7-12(6-10(2)3)8-14(9-13)15(16)17/h5,7-10H,1,6H2,2-4H3. The van der Waals surface area contributed by atoms with Gasteiger partial charge < -0.3 is 0 Å². The number of allylic oxidation sites excluding steroid dienone is 1. The van der Waals surface area contributed by atoms with Gasteiger partial charge in [-0.05, 0) is 23.5 Å². The smallest absolute Gasteiger partial charge is 0.258 e. The van der Waals surface area contributed by atoms with Gasteiger partial charge in [0.05, 0.1) is 4.92 Å². The number of non-ortho nitro benzene ring substituents is 1. The zero-order chi connectivity index (χ0) is 13.0. The molecular formula is C14H18NO2. The summed E-state index contributed by atoms with van der Waals surface area (Å²) in [6.45, 7) is 9.80. The summed E-state index contributed by atoms with van der Waals surface area (Å²) in [5, 5.41) is 10.9. The van der Waals surface area contributed by atoms with Crippen LogP contribution in [0.25, 0.3) is 0 Å². The normalized spacial score (nSPS) is 10.9. The van der Waals surface area contributed by atoms with Gasteiger partial charge in [-0.25, -0.2) is 0 Å². The van der Waals surface area contributed by atoms with E-state index in [1.165, 1.54) is 0 Å². The average Bonchev–Trinajstić information content (AvgIpc) is 2.26. The van der Waals surface area contributed by atoms with E-state index in [9.17, 15) is 10.1 Å². The minimum absolute atomic E-state index is 0.152. The molecule has 0 spiro atoms. The molecule has 0 saturated heterocycles. The molecule has 0 aliphatic rings. The molecule has 0 saturated carbocycles. The molecule has 3 heteroatoms. The van der Waals surface area contributed by atoms with Crippen molar-refractivity contribution in [1.29, 1.82) is 0 Å². The second-order valence-electron chi connectivity index (χ2n) is 4.63. The number of benzene rings is 1. The Hall–Kier alpha value is -1.64. The van der Waals surface area contributed by atoms with Gasteiger partial charge in [0, 0.05) is 18.1 Å². The lowest BCUT2D eigenvalue weighted by Crippen LogP contribution is -2.00. The predicted molar refractivity (Wildman–Crippen MR) is 69.9 cm³/mol. The second kappa shape index (κ2) is 5.62. The highest BCUT2D eigenvalue weighted by Gasteiger charge is 2.13. The minimum Gasteiger partial charge on any atom is -0.258 e. The number of nitrogens with zero attached hydrogens (tertiary/aromatic N) is 1. The highest BCUT2D eigenvalue weighted by Crippen LogP contribution is 2.24. The average molecular weight is 232 g/mol. The summed E-state index contributed by atoms with van der Waals surface area (Å²) >= 11 is 0. The maximum Gasteiger partial charge on any atom is 0.270 e. The zero-order valence-corrected chi connectivity index (χ0v) is 10.6. The van der Waals surface area contributed by atoms with Crippen molar-refractivity contribution in [3.8, 4) is 0 Å². The van der Waals surface area contributed by atoms with Crippen molar-refractivity contribution < 1.29 is 4.92 Å². The Morgan fingerprint density at radius 1 is 1.47 bits per heavy atom. The van der Waals surface area contributed by atoms with Crippen LogP contribution in [0.5, 0.6) is 0 Å². The van der Waals surface area contributed by atoms with Crippen LogP contribution >= 0.6 is 0 Å². The fraction of sp³-hybridized carbons (Fsp3) is 0.357. The Morgan fingerprint density at radius 2 is 2.12 bits per heavy atom. The molecule has 0 aliphatic heterocycles. The number of nitro groups is 1. The Labute approximate surface area is 102 Å². The Kier molecular flexibility index (Phi) is 4.44. The van der Waals surface area contributed by atoms with Crippen molar-refractivity contribution in [2.75, 3.05) is 0 Å². The van der Waals surface area contributed by atoms with E-state index in [1.807, 2.05) is 13.0 Å².